The molecule has 0 heterocycles. The molecule has 0 aliphatic heterocycles. The Hall–Kier alpha value is -0.370. The lowest BCUT2D eigenvalue weighted by Crippen LogP contribution is -2.40. The van der Waals surface area contributed by atoms with Gasteiger partial charge in [0, 0.05) is 17.4 Å². The van der Waals surface area contributed by atoms with Crippen molar-refractivity contribution >= 4 is 5.78 Å². The van der Waals surface area contributed by atoms with Crippen LogP contribution in [0, 0.1) is 11.3 Å². The molecule has 0 amide bonds. The van der Waals surface area contributed by atoms with E-state index in [9.17, 15) is 4.79 Å². The van der Waals surface area contributed by atoms with Gasteiger partial charge in [0.05, 0.1) is 0 Å². The molecular formula is C15H29NO. The molecule has 2 nitrogen and oxygen atoms in total. The Morgan fingerprint density at radius 3 is 1.88 bits per heavy atom. The average Bonchev–Trinajstić information content (AvgIpc) is 2.29. The van der Waals surface area contributed by atoms with E-state index in [1.807, 2.05) is 20.8 Å². The van der Waals surface area contributed by atoms with Gasteiger partial charge in [0.1, 0.15) is 5.78 Å². The fourth-order valence-corrected chi connectivity index (χ4v) is 3.06. The summed E-state index contributed by atoms with van der Waals surface area (Å²) in [6, 6.07) is 0.717. The molecule has 0 aromatic rings. The molecule has 0 aromatic carbocycles. The van der Waals surface area contributed by atoms with Crippen molar-refractivity contribution in [2.24, 2.45) is 11.3 Å². The third kappa shape index (κ3) is 3.80. The molecule has 0 spiro atoms. The maximum atomic E-state index is 12.2. The van der Waals surface area contributed by atoms with Crippen molar-refractivity contribution in [3.05, 3.63) is 0 Å². The van der Waals surface area contributed by atoms with E-state index in [1.165, 1.54) is 12.8 Å². The number of nitrogens with zero attached hydrogens (tertiary/aromatic N) is 1. The van der Waals surface area contributed by atoms with Crippen LogP contribution in [0.3, 0.4) is 0 Å². The van der Waals surface area contributed by atoms with Crippen LogP contribution in [0.15, 0.2) is 0 Å². The van der Waals surface area contributed by atoms with Gasteiger partial charge in [0.15, 0.2) is 0 Å². The van der Waals surface area contributed by atoms with Crippen molar-refractivity contribution in [1.29, 1.82) is 0 Å². The van der Waals surface area contributed by atoms with Crippen LogP contribution < -0.4 is 0 Å². The van der Waals surface area contributed by atoms with Gasteiger partial charge in [-0.3, -0.25) is 4.79 Å². The molecule has 2 heteroatoms. The van der Waals surface area contributed by atoms with Crippen molar-refractivity contribution in [3.63, 3.8) is 0 Å². The highest BCUT2D eigenvalue weighted by molar-refractivity contribution is 5.86. The minimum atomic E-state index is -0.160. The maximum absolute atomic E-state index is 12.2. The molecule has 17 heavy (non-hydrogen) atoms. The van der Waals surface area contributed by atoms with Crippen molar-refractivity contribution in [2.75, 3.05) is 13.1 Å². The lowest BCUT2D eigenvalue weighted by atomic mass is 9.75. The summed E-state index contributed by atoms with van der Waals surface area (Å²) in [5, 5.41) is 0. The minimum Gasteiger partial charge on any atom is -0.301 e. The number of hydrogen-bond acceptors (Lipinski definition) is 2. The summed E-state index contributed by atoms with van der Waals surface area (Å²) in [7, 11) is 0. The summed E-state index contributed by atoms with van der Waals surface area (Å²) in [4.78, 5) is 14.8. The van der Waals surface area contributed by atoms with E-state index in [0.717, 1.165) is 25.9 Å². The summed E-state index contributed by atoms with van der Waals surface area (Å²) in [6.45, 7) is 12.9. The molecular weight excluding hydrogens is 210 g/mol. The number of Topliss-reactive ketones (excluding diaryl/α,β-unsaturated/α-hetero) is 1. The van der Waals surface area contributed by atoms with Gasteiger partial charge >= 0.3 is 0 Å². The number of ketones is 1. The summed E-state index contributed by atoms with van der Waals surface area (Å²) in [5.41, 5.74) is -0.160. The molecule has 1 saturated carbocycles. The molecule has 0 bridgehead atoms. The van der Waals surface area contributed by atoms with Crippen LogP contribution in [0.25, 0.3) is 0 Å². The highest BCUT2D eigenvalue weighted by atomic mass is 16.1. The zero-order chi connectivity index (χ0) is 13.1. The predicted molar refractivity (Wildman–Crippen MR) is 73.1 cm³/mol. The van der Waals surface area contributed by atoms with Gasteiger partial charge in [-0.15, -0.1) is 0 Å². The zero-order valence-corrected chi connectivity index (χ0v) is 12.3. The highest BCUT2D eigenvalue weighted by Crippen LogP contribution is 2.32. The van der Waals surface area contributed by atoms with E-state index in [0.29, 0.717) is 17.7 Å². The molecule has 0 atom stereocenters. The molecule has 0 N–H and O–H groups in total. The predicted octanol–water partition coefficient (Wildman–Crippen LogP) is 3.50. The molecule has 0 radical (unpaired) electrons. The van der Waals surface area contributed by atoms with Crippen LogP contribution in [0.1, 0.15) is 60.3 Å². The smallest absolute Gasteiger partial charge is 0.141 e. The average molecular weight is 239 g/mol. The Bertz CT molecular complexity index is 242. The van der Waals surface area contributed by atoms with Crippen LogP contribution in [-0.2, 0) is 4.79 Å². The number of rotatable bonds is 4. The summed E-state index contributed by atoms with van der Waals surface area (Å²) in [5.74, 6) is 0.789. The fourth-order valence-electron chi connectivity index (χ4n) is 3.06. The Labute approximate surface area is 107 Å². The SMILES string of the molecule is CCN(CC)C1CCC(C(=O)C(C)(C)C)CC1. The Morgan fingerprint density at radius 1 is 1.06 bits per heavy atom. The third-order valence-electron chi connectivity index (χ3n) is 4.14. The van der Waals surface area contributed by atoms with Gasteiger partial charge < -0.3 is 4.90 Å². The van der Waals surface area contributed by atoms with Crippen molar-refractivity contribution in [2.45, 2.75) is 66.3 Å². The normalized spacial score (nSPS) is 26.2. The van der Waals surface area contributed by atoms with E-state index >= 15 is 0 Å². The molecule has 1 aliphatic carbocycles. The van der Waals surface area contributed by atoms with Gasteiger partial charge in [0.2, 0.25) is 0 Å². The molecule has 0 aromatic heterocycles. The third-order valence-corrected chi connectivity index (χ3v) is 4.14. The molecule has 1 rings (SSSR count). The van der Waals surface area contributed by atoms with Gasteiger partial charge in [-0.05, 0) is 38.8 Å². The van der Waals surface area contributed by atoms with E-state index in [4.69, 9.17) is 0 Å². The topological polar surface area (TPSA) is 20.3 Å². The quantitative estimate of drug-likeness (QED) is 0.748. The monoisotopic (exact) mass is 239 g/mol. The summed E-state index contributed by atoms with van der Waals surface area (Å²) < 4.78 is 0. The van der Waals surface area contributed by atoms with E-state index in [2.05, 4.69) is 18.7 Å². The van der Waals surface area contributed by atoms with E-state index < -0.39 is 0 Å². The largest absolute Gasteiger partial charge is 0.301 e. The summed E-state index contributed by atoms with van der Waals surface area (Å²) in [6.07, 6.45) is 4.59. The maximum Gasteiger partial charge on any atom is 0.141 e. The van der Waals surface area contributed by atoms with Crippen LogP contribution in [0.5, 0.6) is 0 Å². The first-order chi connectivity index (χ1) is 7.90. The van der Waals surface area contributed by atoms with Gasteiger partial charge in [-0.2, -0.15) is 0 Å². The first-order valence-electron chi connectivity index (χ1n) is 7.18. The van der Waals surface area contributed by atoms with E-state index in [-0.39, 0.29) is 5.41 Å². The second kappa shape index (κ2) is 5.99. The minimum absolute atomic E-state index is 0.160. The van der Waals surface area contributed by atoms with Crippen molar-refractivity contribution < 1.29 is 4.79 Å². The molecule has 1 fully saturated rings. The molecule has 1 aliphatic rings. The van der Waals surface area contributed by atoms with E-state index in [1.54, 1.807) is 0 Å². The van der Waals surface area contributed by atoms with Crippen LogP contribution in [-0.4, -0.2) is 29.8 Å². The first-order valence-corrected chi connectivity index (χ1v) is 7.18. The van der Waals surface area contributed by atoms with Crippen LogP contribution in [0.2, 0.25) is 0 Å². The molecule has 0 saturated heterocycles. The summed E-state index contributed by atoms with van der Waals surface area (Å²) >= 11 is 0. The Balaban J connectivity index is 2.48. The second-order valence-electron chi connectivity index (χ2n) is 6.34. The Morgan fingerprint density at radius 2 is 1.53 bits per heavy atom. The van der Waals surface area contributed by atoms with Gasteiger partial charge in [0.25, 0.3) is 0 Å². The van der Waals surface area contributed by atoms with Gasteiger partial charge in [-0.1, -0.05) is 34.6 Å². The lowest BCUT2D eigenvalue weighted by molar-refractivity contribution is -0.131. The fraction of sp³-hybridized carbons (Fsp3) is 0.933. The van der Waals surface area contributed by atoms with Crippen LogP contribution in [0.4, 0.5) is 0 Å². The first kappa shape index (κ1) is 14.7. The number of carbonyl (C=O) groups is 1. The number of hydrogen-bond donors (Lipinski definition) is 0. The standard InChI is InChI=1S/C15H29NO/c1-6-16(7-2)13-10-8-12(9-11-13)14(17)15(3,4)5/h12-13H,6-11H2,1-5H3. The highest BCUT2D eigenvalue weighted by Gasteiger charge is 2.33. The number of carbonyl (C=O) groups excluding carboxylic acids is 1. The molecule has 0 unspecified atom stereocenters. The lowest BCUT2D eigenvalue weighted by Gasteiger charge is -2.36. The van der Waals surface area contributed by atoms with Crippen LogP contribution >= 0.6 is 0 Å². The van der Waals surface area contributed by atoms with Crippen molar-refractivity contribution in [1.82, 2.24) is 4.90 Å². The Kier molecular flexibility index (Phi) is 5.18. The second-order valence-corrected chi connectivity index (χ2v) is 6.34. The van der Waals surface area contributed by atoms with Gasteiger partial charge in [-0.25, -0.2) is 0 Å². The van der Waals surface area contributed by atoms with Crippen molar-refractivity contribution in [3.8, 4) is 0 Å². The molecule has 100 valence electrons. The zero-order valence-electron chi connectivity index (χ0n) is 12.3.